The number of nitrogens with two attached hydrogens (primary N) is 1. The van der Waals surface area contributed by atoms with Crippen molar-refractivity contribution < 1.29 is 28.6 Å². The normalized spacial score (nSPS) is 10.1. The van der Waals surface area contributed by atoms with Crippen LogP contribution in [-0.2, 0) is 9.59 Å². The van der Waals surface area contributed by atoms with E-state index < -0.39 is 11.8 Å². The van der Waals surface area contributed by atoms with Gasteiger partial charge in [0.2, 0.25) is 5.91 Å². The Hall–Kier alpha value is -3.55. The number of amides is 2. The molecule has 0 heterocycles. The van der Waals surface area contributed by atoms with Gasteiger partial charge in [-0.15, -0.1) is 0 Å². The molecule has 2 aromatic carbocycles. The number of benzene rings is 2. The number of para-hydroxylation sites is 2. The second-order valence-corrected chi connectivity index (χ2v) is 5.82. The molecule has 28 heavy (non-hydrogen) atoms. The van der Waals surface area contributed by atoms with Crippen molar-refractivity contribution in [3.8, 4) is 17.2 Å². The first-order chi connectivity index (χ1) is 13.4. The number of carbonyl (C=O) groups excluding carboxylic acids is 3. The number of methoxy groups -OCH3 is 1. The average molecular weight is 386 g/mol. The Morgan fingerprint density at radius 3 is 2.43 bits per heavy atom. The highest BCUT2D eigenvalue weighted by Crippen LogP contribution is 2.28. The molecule has 8 nitrogen and oxygen atoms in total. The fourth-order valence-electron chi connectivity index (χ4n) is 2.29. The summed E-state index contributed by atoms with van der Waals surface area (Å²) >= 11 is 0. The van der Waals surface area contributed by atoms with E-state index in [1.165, 1.54) is 14.0 Å². The topological polar surface area (TPSA) is 117 Å². The molecular formula is C20H22N2O6. The summed E-state index contributed by atoms with van der Waals surface area (Å²) in [6.45, 7) is 1.29. The van der Waals surface area contributed by atoms with Crippen LogP contribution in [0.5, 0.6) is 17.2 Å². The molecular weight excluding hydrogens is 364 g/mol. The molecule has 3 N–H and O–H groups in total. The summed E-state index contributed by atoms with van der Waals surface area (Å²) < 4.78 is 16.2. The lowest BCUT2D eigenvalue weighted by molar-refractivity contribution is -0.119. The van der Waals surface area contributed by atoms with Gasteiger partial charge >= 0.3 is 0 Å². The summed E-state index contributed by atoms with van der Waals surface area (Å²) in [7, 11) is 1.45. The van der Waals surface area contributed by atoms with Crippen LogP contribution in [0.25, 0.3) is 0 Å². The van der Waals surface area contributed by atoms with Crippen LogP contribution in [0.2, 0.25) is 0 Å². The molecule has 0 radical (unpaired) electrons. The van der Waals surface area contributed by atoms with Gasteiger partial charge in [0.15, 0.2) is 23.9 Å². The Morgan fingerprint density at radius 1 is 1.00 bits per heavy atom. The summed E-state index contributed by atoms with van der Waals surface area (Å²) in [5.74, 6) is 0.128. The van der Waals surface area contributed by atoms with Crippen LogP contribution >= 0.6 is 0 Å². The number of carbonyl (C=O) groups is 3. The molecule has 0 aliphatic heterocycles. The van der Waals surface area contributed by atoms with E-state index in [1.54, 1.807) is 42.5 Å². The van der Waals surface area contributed by atoms with Gasteiger partial charge in [0.05, 0.1) is 25.8 Å². The molecule has 0 spiro atoms. The van der Waals surface area contributed by atoms with Gasteiger partial charge in [-0.25, -0.2) is 0 Å². The molecule has 148 valence electrons. The number of hydrogen-bond donors (Lipinski definition) is 2. The van der Waals surface area contributed by atoms with Gasteiger partial charge in [-0.2, -0.15) is 0 Å². The summed E-state index contributed by atoms with van der Waals surface area (Å²) in [6, 6.07) is 11.5. The SMILES string of the molecule is COc1cc(C(C)=O)ccc1OCC(=O)Nc1ccccc1OCCC(N)=O. The molecule has 0 bridgehead atoms. The molecule has 0 fully saturated rings. The van der Waals surface area contributed by atoms with Gasteiger partial charge < -0.3 is 25.3 Å². The van der Waals surface area contributed by atoms with Crippen molar-refractivity contribution in [1.82, 2.24) is 0 Å². The van der Waals surface area contributed by atoms with E-state index in [0.717, 1.165) is 0 Å². The molecule has 0 aliphatic carbocycles. The molecule has 0 atom stereocenters. The maximum absolute atomic E-state index is 12.2. The van der Waals surface area contributed by atoms with Crippen LogP contribution in [0.1, 0.15) is 23.7 Å². The molecule has 0 unspecified atom stereocenters. The maximum atomic E-state index is 12.2. The molecule has 8 heteroatoms. The summed E-state index contributed by atoms with van der Waals surface area (Å²) in [6.07, 6.45) is 0.0709. The fraction of sp³-hybridized carbons (Fsp3) is 0.250. The van der Waals surface area contributed by atoms with Crippen molar-refractivity contribution in [2.45, 2.75) is 13.3 Å². The summed E-state index contributed by atoms with van der Waals surface area (Å²) in [4.78, 5) is 34.5. The molecule has 2 aromatic rings. The zero-order valence-electron chi connectivity index (χ0n) is 15.7. The lowest BCUT2D eigenvalue weighted by atomic mass is 10.1. The number of primary amides is 1. The van der Waals surface area contributed by atoms with Gasteiger partial charge in [-0.3, -0.25) is 14.4 Å². The molecule has 0 saturated heterocycles. The van der Waals surface area contributed by atoms with Crippen LogP contribution in [0.4, 0.5) is 5.69 Å². The average Bonchev–Trinajstić information content (AvgIpc) is 2.67. The number of anilines is 1. The first kappa shape index (κ1) is 20.8. The second kappa shape index (κ2) is 9.96. The molecule has 0 aromatic heterocycles. The van der Waals surface area contributed by atoms with E-state index in [1.807, 2.05) is 0 Å². The van der Waals surface area contributed by atoms with Crippen molar-refractivity contribution in [2.24, 2.45) is 5.73 Å². The third-order valence-corrected chi connectivity index (χ3v) is 3.70. The fourth-order valence-corrected chi connectivity index (χ4v) is 2.29. The zero-order valence-corrected chi connectivity index (χ0v) is 15.7. The number of hydrogen-bond acceptors (Lipinski definition) is 6. The van der Waals surface area contributed by atoms with E-state index in [4.69, 9.17) is 19.9 Å². The molecule has 0 saturated carbocycles. The lowest BCUT2D eigenvalue weighted by Crippen LogP contribution is -2.21. The predicted molar refractivity (Wildman–Crippen MR) is 103 cm³/mol. The molecule has 2 rings (SSSR count). The van der Waals surface area contributed by atoms with Crippen LogP contribution in [-0.4, -0.2) is 37.9 Å². The minimum absolute atomic E-state index is 0.0709. The predicted octanol–water partition coefficient (Wildman–Crippen LogP) is 2.17. The Balaban J connectivity index is 1.98. The number of nitrogens with one attached hydrogen (secondary N) is 1. The van der Waals surface area contributed by atoms with Gasteiger partial charge in [0, 0.05) is 5.56 Å². The Bertz CT molecular complexity index is 866. The number of Topliss-reactive ketones (excluding diaryl/α,β-unsaturated/α-hetero) is 1. The highest BCUT2D eigenvalue weighted by molar-refractivity contribution is 5.95. The Labute approximate surface area is 162 Å². The monoisotopic (exact) mass is 386 g/mol. The van der Waals surface area contributed by atoms with Crippen molar-refractivity contribution in [2.75, 3.05) is 25.6 Å². The third kappa shape index (κ3) is 6.01. The first-order valence-electron chi connectivity index (χ1n) is 8.52. The highest BCUT2D eigenvalue weighted by atomic mass is 16.5. The standard InChI is InChI=1S/C20H22N2O6/c1-13(23)14-7-8-17(18(11-14)26-2)28-12-20(25)22-15-5-3-4-6-16(15)27-10-9-19(21)24/h3-8,11H,9-10,12H2,1-2H3,(H2,21,24)(H,22,25). The smallest absolute Gasteiger partial charge is 0.262 e. The zero-order chi connectivity index (χ0) is 20.5. The third-order valence-electron chi connectivity index (χ3n) is 3.70. The highest BCUT2D eigenvalue weighted by Gasteiger charge is 2.12. The van der Waals surface area contributed by atoms with Gasteiger partial charge in [-0.05, 0) is 37.3 Å². The Morgan fingerprint density at radius 2 is 1.75 bits per heavy atom. The second-order valence-electron chi connectivity index (χ2n) is 5.82. The first-order valence-corrected chi connectivity index (χ1v) is 8.52. The maximum Gasteiger partial charge on any atom is 0.262 e. The quantitative estimate of drug-likeness (QED) is 0.605. The van der Waals surface area contributed by atoms with E-state index in [-0.39, 0.29) is 25.4 Å². The summed E-state index contributed by atoms with van der Waals surface area (Å²) in [5, 5.41) is 2.69. The van der Waals surface area contributed by atoms with Crippen LogP contribution in [0.15, 0.2) is 42.5 Å². The summed E-state index contributed by atoms with van der Waals surface area (Å²) in [5.41, 5.74) is 6.01. The van der Waals surface area contributed by atoms with Crippen LogP contribution in [0, 0.1) is 0 Å². The molecule has 0 aliphatic rings. The van der Waals surface area contributed by atoms with Gasteiger partial charge in [0.1, 0.15) is 5.75 Å². The van der Waals surface area contributed by atoms with Gasteiger partial charge in [-0.1, -0.05) is 12.1 Å². The minimum atomic E-state index is -0.473. The number of ketones is 1. The van der Waals surface area contributed by atoms with Crippen molar-refractivity contribution >= 4 is 23.3 Å². The van der Waals surface area contributed by atoms with Crippen molar-refractivity contribution in [1.29, 1.82) is 0 Å². The van der Waals surface area contributed by atoms with Crippen molar-refractivity contribution in [3.63, 3.8) is 0 Å². The number of rotatable bonds is 10. The van der Waals surface area contributed by atoms with Crippen LogP contribution < -0.4 is 25.3 Å². The van der Waals surface area contributed by atoms with E-state index in [2.05, 4.69) is 5.32 Å². The Kier molecular flexibility index (Phi) is 7.38. The number of ether oxygens (including phenoxy) is 3. The minimum Gasteiger partial charge on any atom is -0.493 e. The van der Waals surface area contributed by atoms with Crippen molar-refractivity contribution in [3.05, 3.63) is 48.0 Å². The molecule has 2 amide bonds. The van der Waals surface area contributed by atoms with E-state index in [0.29, 0.717) is 28.5 Å². The van der Waals surface area contributed by atoms with Crippen LogP contribution in [0.3, 0.4) is 0 Å². The van der Waals surface area contributed by atoms with E-state index >= 15 is 0 Å². The lowest BCUT2D eigenvalue weighted by Gasteiger charge is -2.14. The largest absolute Gasteiger partial charge is 0.493 e. The van der Waals surface area contributed by atoms with Gasteiger partial charge in [0.25, 0.3) is 5.91 Å². The van der Waals surface area contributed by atoms with E-state index in [9.17, 15) is 14.4 Å².